The van der Waals surface area contributed by atoms with E-state index in [-0.39, 0.29) is 11.6 Å². The number of H-pyrrole nitrogens is 1. The van der Waals surface area contributed by atoms with Gasteiger partial charge in [0.05, 0.1) is 11.0 Å². The number of nitrogens with one attached hydrogen (secondary N) is 2. The van der Waals surface area contributed by atoms with Crippen LogP contribution < -0.4 is 5.32 Å². The molecule has 0 radical (unpaired) electrons. The number of ketones is 2. The third-order valence-corrected chi connectivity index (χ3v) is 5.63. The average Bonchev–Trinajstić information content (AvgIpc) is 3.32. The molecule has 0 bridgehead atoms. The first-order valence-electron chi connectivity index (χ1n) is 11.0. The fourth-order valence-corrected chi connectivity index (χ4v) is 3.90. The van der Waals surface area contributed by atoms with E-state index < -0.39 is 5.92 Å². The molecule has 1 atom stereocenters. The summed E-state index contributed by atoms with van der Waals surface area (Å²) in [5, 5.41) is 3.32. The Labute approximate surface area is 196 Å². The molecule has 3 aromatic carbocycles. The van der Waals surface area contributed by atoms with Crippen LogP contribution in [-0.2, 0) is 6.54 Å². The van der Waals surface area contributed by atoms with Gasteiger partial charge in [0.15, 0.2) is 11.6 Å². The molecule has 34 heavy (non-hydrogen) atoms. The molecule has 0 aliphatic rings. The highest BCUT2D eigenvalue weighted by molar-refractivity contribution is 6.20. The van der Waals surface area contributed by atoms with Crippen molar-refractivity contribution in [3.8, 4) is 0 Å². The fourth-order valence-electron chi connectivity index (χ4n) is 3.90. The van der Waals surface area contributed by atoms with Crippen LogP contribution in [0.4, 0.5) is 5.69 Å². The van der Waals surface area contributed by atoms with Crippen LogP contribution in [-0.4, -0.2) is 26.5 Å². The first kappa shape index (κ1) is 21.3. The maximum absolute atomic E-state index is 13.7. The Morgan fingerprint density at radius 2 is 1.59 bits per heavy atom. The van der Waals surface area contributed by atoms with Gasteiger partial charge in [0, 0.05) is 35.8 Å². The number of pyridine rings is 1. The Morgan fingerprint density at radius 3 is 2.38 bits per heavy atom. The molecule has 6 nitrogen and oxygen atoms in total. The first-order valence-corrected chi connectivity index (χ1v) is 11.0. The molecule has 2 N–H and O–H groups in total. The first-order chi connectivity index (χ1) is 16.7. The van der Waals surface area contributed by atoms with Crippen molar-refractivity contribution in [2.24, 2.45) is 0 Å². The summed E-state index contributed by atoms with van der Waals surface area (Å²) in [5.41, 5.74) is 4.20. The summed E-state index contributed by atoms with van der Waals surface area (Å²) in [5.74, 6) is -1.34. The van der Waals surface area contributed by atoms with E-state index in [1.807, 2.05) is 54.6 Å². The minimum absolute atomic E-state index is 0.293. The summed E-state index contributed by atoms with van der Waals surface area (Å²) in [7, 11) is 0. The molecule has 1 unspecified atom stereocenters. The van der Waals surface area contributed by atoms with Gasteiger partial charge < -0.3 is 10.3 Å². The number of anilines is 1. The normalized spacial score (nSPS) is 11.8. The summed E-state index contributed by atoms with van der Waals surface area (Å²) in [6.07, 6.45) is 3.52. The molecule has 5 rings (SSSR count). The number of hydrogen-bond acceptors (Lipinski definition) is 5. The van der Waals surface area contributed by atoms with Gasteiger partial charge in [-0.3, -0.25) is 14.6 Å². The van der Waals surface area contributed by atoms with E-state index in [9.17, 15) is 9.59 Å². The monoisotopic (exact) mass is 446 g/mol. The Bertz CT molecular complexity index is 1410. The lowest BCUT2D eigenvalue weighted by Crippen LogP contribution is -2.24. The van der Waals surface area contributed by atoms with Crippen LogP contribution in [0.2, 0.25) is 0 Å². The smallest absolute Gasteiger partial charge is 0.181 e. The zero-order valence-corrected chi connectivity index (χ0v) is 18.3. The standard InChI is InChI=1S/C28H22N4O2/c33-26(20-9-2-1-3-10-20)25(28-31-23-13-4-5-14-24(23)32-28)27(34)21-11-6-12-22(16-21)30-18-19-8-7-15-29-17-19/h1-17,25,30H,18H2,(H,31,32). The van der Waals surface area contributed by atoms with Crippen molar-refractivity contribution in [2.45, 2.75) is 12.5 Å². The maximum Gasteiger partial charge on any atom is 0.181 e. The fraction of sp³-hybridized carbons (Fsp3) is 0.0714. The lowest BCUT2D eigenvalue weighted by Gasteiger charge is -2.14. The molecular formula is C28H22N4O2. The van der Waals surface area contributed by atoms with Crippen LogP contribution in [0.5, 0.6) is 0 Å². The summed E-state index contributed by atoms with van der Waals surface area (Å²) >= 11 is 0. The Balaban J connectivity index is 1.48. The number of Topliss-reactive ketones (excluding diaryl/α,β-unsaturated/α-hetero) is 2. The van der Waals surface area contributed by atoms with Crippen molar-refractivity contribution >= 4 is 28.3 Å². The molecule has 0 fully saturated rings. The number of para-hydroxylation sites is 2. The lowest BCUT2D eigenvalue weighted by molar-refractivity contribution is 0.0856. The van der Waals surface area contributed by atoms with Gasteiger partial charge in [0.2, 0.25) is 0 Å². The highest BCUT2D eigenvalue weighted by Gasteiger charge is 2.33. The Hall–Kier alpha value is -4.58. The quantitative estimate of drug-likeness (QED) is 0.245. The van der Waals surface area contributed by atoms with E-state index in [4.69, 9.17) is 0 Å². The van der Waals surface area contributed by atoms with Crippen LogP contribution in [0.1, 0.15) is 38.0 Å². The maximum atomic E-state index is 13.7. The number of aromatic nitrogens is 3. The highest BCUT2D eigenvalue weighted by atomic mass is 16.2. The van der Waals surface area contributed by atoms with Gasteiger partial charge in [-0.05, 0) is 35.9 Å². The van der Waals surface area contributed by atoms with Crippen molar-refractivity contribution in [1.82, 2.24) is 15.0 Å². The zero-order chi connectivity index (χ0) is 23.3. The minimum atomic E-state index is -1.08. The predicted molar refractivity (Wildman–Crippen MR) is 132 cm³/mol. The molecule has 6 heteroatoms. The van der Waals surface area contributed by atoms with Crippen LogP contribution in [0.15, 0.2) is 103 Å². The topological polar surface area (TPSA) is 87.7 Å². The Kier molecular flexibility index (Phi) is 5.95. The van der Waals surface area contributed by atoms with Crippen LogP contribution in [0.25, 0.3) is 11.0 Å². The zero-order valence-electron chi connectivity index (χ0n) is 18.3. The number of carbonyl (C=O) groups is 2. The second kappa shape index (κ2) is 9.50. The summed E-state index contributed by atoms with van der Waals surface area (Å²) in [4.78, 5) is 39.2. The molecule has 2 heterocycles. The number of imidazole rings is 1. The molecular weight excluding hydrogens is 424 g/mol. The minimum Gasteiger partial charge on any atom is -0.381 e. The van der Waals surface area contributed by atoms with E-state index in [1.165, 1.54) is 0 Å². The number of nitrogens with zero attached hydrogens (tertiary/aromatic N) is 2. The van der Waals surface area contributed by atoms with Crippen molar-refractivity contribution in [1.29, 1.82) is 0 Å². The third kappa shape index (κ3) is 4.47. The second-order valence-electron chi connectivity index (χ2n) is 7.96. The molecule has 0 saturated carbocycles. The Morgan fingerprint density at radius 1 is 0.824 bits per heavy atom. The number of aromatic amines is 1. The van der Waals surface area contributed by atoms with Gasteiger partial charge in [-0.25, -0.2) is 4.98 Å². The van der Waals surface area contributed by atoms with Crippen LogP contribution in [0.3, 0.4) is 0 Å². The molecule has 0 amide bonds. The van der Waals surface area contributed by atoms with Gasteiger partial charge in [-0.1, -0.05) is 60.7 Å². The summed E-state index contributed by atoms with van der Waals surface area (Å²) in [6.45, 7) is 0.571. The van der Waals surface area contributed by atoms with Gasteiger partial charge in [-0.15, -0.1) is 0 Å². The SMILES string of the molecule is O=C(c1ccccc1)C(C(=O)c1cccc(NCc2cccnc2)c1)c1nc2ccccc2[nH]1. The molecule has 0 spiro atoms. The van der Waals surface area contributed by atoms with Crippen molar-refractivity contribution in [3.63, 3.8) is 0 Å². The number of hydrogen-bond donors (Lipinski definition) is 2. The van der Waals surface area contributed by atoms with Crippen molar-refractivity contribution in [2.75, 3.05) is 5.32 Å². The van der Waals surface area contributed by atoms with E-state index in [1.54, 1.807) is 48.8 Å². The lowest BCUT2D eigenvalue weighted by atomic mass is 9.89. The van der Waals surface area contributed by atoms with Crippen molar-refractivity contribution < 1.29 is 9.59 Å². The summed E-state index contributed by atoms with van der Waals surface area (Å²) in [6, 6.07) is 27.4. The number of rotatable bonds is 8. The molecule has 166 valence electrons. The highest BCUT2D eigenvalue weighted by Crippen LogP contribution is 2.27. The van der Waals surface area contributed by atoms with Gasteiger partial charge in [0.1, 0.15) is 11.7 Å². The second-order valence-corrected chi connectivity index (χ2v) is 7.96. The molecule has 0 aliphatic heterocycles. The van der Waals surface area contributed by atoms with Crippen LogP contribution >= 0.6 is 0 Å². The van der Waals surface area contributed by atoms with Gasteiger partial charge >= 0.3 is 0 Å². The number of benzene rings is 3. The van der Waals surface area contributed by atoms with Gasteiger partial charge in [-0.2, -0.15) is 0 Å². The van der Waals surface area contributed by atoms with E-state index in [0.29, 0.717) is 29.0 Å². The van der Waals surface area contributed by atoms with Gasteiger partial charge in [0.25, 0.3) is 0 Å². The van der Waals surface area contributed by atoms with Crippen LogP contribution in [0, 0.1) is 0 Å². The number of fused-ring (bicyclic) bond motifs is 1. The molecule has 5 aromatic rings. The largest absolute Gasteiger partial charge is 0.381 e. The van der Waals surface area contributed by atoms with Crippen molar-refractivity contribution in [3.05, 3.63) is 126 Å². The molecule has 2 aromatic heterocycles. The van der Waals surface area contributed by atoms with E-state index in [2.05, 4.69) is 20.3 Å². The number of carbonyl (C=O) groups excluding carboxylic acids is 2. The average molecular weight is 447 g/mol. The molecule has 0 saturated heterocycles. The summed E-state index contributed by atoms with van der Waals surface area (Å²) < 4.78 is 0. The molecule has 0 aliphatic carbocycles. The van der Waals surface area contributed by atoms with E-state index in [0.717, 1.165) is 16.8 Å². The van der Waals surface area contributed by atoms with E-state index >= 15 is 0 Å². The third-order valence-electron chi connectivity index (χ3n) is 5.63. The predicted octanol–water partition coefficient (Wildman–Crippen LogP) is 5.42.